The molecule has 0 amide bonds. The van der Waals surface area contributed by atoms with Gasteiger partial charge in [-0.05, 0) is 11.1 Å². The van der Waals surface area contributed by atoms with Crippen molar-refractivity contribution in [3.05, 3.63) is 41.1 Å². The van der Waals surface area contributed by atoms with E-state index in [9.17, 15) is 9.59 Å². The van der Waals surface area contributed by atoms with E-state index in [4.69, 9.17) is 5.11 Å². The highest BCUT2D eigenvalue weighted by Crippen LogP contribution is 2.22. The van der Waals surface area contributed by atoms with Crippen molar-refractivity contribution in [1.82, 2.24) is 0 Å². The van der Waals surface area contributed by atoms with E-state index >= 15 is 0 Å². The van der Waals surface area contributed by atoms with E-state index in [1.54, 1.807) is 24.3 Å². The number of aliphatic carboxylic acids is 1. The number of carboxylic acids is 1. The van der Waals surface area contributed by atoms with Gasteiger partial charge in [-0.15, -0.1) is 0 Å². The molecule has 0 fully saturated rings. The van der Waals surface area contributed by atoms with Crippen molar-refractivity contribution < 1.29 is 14.7 Å². The molecule has 4 heteroatoms. The first-order valence-corrected chi connectivity index (χ1v) is 9.39. The molecule has 0 aliphatic heterocycles. The minimum Gasteiger partial charge on any atom is -0.481 e. The molecule has 0 atom stereocenters. The Labute approximate surface area is 108 Å². The summed E-state index contributed by atoms with van der Waals surface area (Å²) in [6, 6.07) is 7.03. The smallest absolute Gasteiger partial charge is 0.307 e. The van der Waals surface area contributed by atoms with Crippen LogP contribution >= 0.6 is 0 Å². The van der Waals surface area contributed by atoms with Crippen LogP contribution in [0.2, 0.25) is 19.6 Å². The fraction of sp³-hybridized carbons (Fsp3) is 0.286. The Hall–Kier alpha value is -1.68. The maximum absolute atomic E-state index is 10.9. The zero-order valence-corrected chi connectivity index (χ0v) is 11.9. The van der Waals surface area contributed by atoms with Gasteiger partial charge in [-0.1, -0.05) is 49.6 Å². The molecule has 0 aliphatic rings. The van der Waals surface area contributed by atoms with Crippen LogP contribution in [0.3, 0.4) is 0 Å². The van der Waals surface area contributed by atoms with Gasteiger partial charge in [0, 0.05) is 5.56 Å². The SMILES string of the molecule is C[Si](C)(C)/C=C(/CC(=O)O)c1ccc(C=O)cc1. The van der Waals surface area contributed by atoms with Gasteiger partial charge in [0.25, 0.3) is 0 Å². The summed E-state index contributed by atoms with van der Waals surface area (Å²) in [6.07, 6.45) is 0.799. The van der Waals surface area contributed by atoms with E-state index in [1.807, 2.05) is 0 Å². The predicted molar refractivity (Wildman–Crippen MR) is 75.4 cm³/mol. The van der Waals surface area contributed by atoms with Crippen molar-refractivity contribution >= 4 is 25.9 Å². The minimum atomic E-state index is -1.49. The number of carbonyl (C=O) groups is 2. The Bertz CT molecular complexity index is 467. The molecule has 18 heavy (non-hydrogen) atoms. The van der Waals surface area contributed by atoms with Crippen LogP contribution < -0.4 is 0 Å². The monoisotopic (exact) mass is 262 g/mol. The second-order valence-electron chi connectivity index (χ2n) is 5.35. The van der Waals surface area contributed by atoms with Crippen LogP contribution in [-0.4, -0.2) is 25.4 Å². The summed E-state index contributed by atoms with van der Waals surface area (Å²) in [5.74, 6) is -0.834. The highest BCUT2D eigenvalue weighted by Gasteiger charge is 2.14. The summed E-state index contributed by atoms with van der Waals surface area (Å²) in [4.78, 5) is 21.5. The predicted octanol–water partition coefficient (Wildman–Crippen LogP) is 3.23. The Morgan fingerprint density at radius 3 is 2.17 bits per heavy atom. The molecule has 1 aromatic carbocycles. The van der Waals surface area contributed by atoms with Crippen LogP contribution in [-0.2, 0) is 4.79 Å². The van der Waals surface area contributed by atoms with Crippen LogP contribution in [0.15, 0.2) is 30.0 Å². The molecule has 0 saturated carbocycles. The first-order valence-electron chi connectivity index (χ1n) is 5.81. The average molecular weight is 262 g/mol. The molecular formula is C14H18O3Si. The van der Waals surface area contributed by atoms with E-state index in [0.29, 0.717) is 5.56 Å². The topological polar surface area (TPSA) is 54.4 Å². The van der Waals surface area contributed by atoms with Gasteiger partial charge in [-0.2, -0.15) is 0 Å². The fourth-order valence-corrected chi connectivity index (χ4v) is 3.01. The maximum atomic E-state index is 10.9. The number of carbonyl (C=O) groups excluding carboxylic acids is 1. The summed E-state index contributed by atoms with van der Waals surface area (Å²) in [5, 5.41) is 8.96. The molecule has 0 heterocycles. The zero-order chi connectivity index (χ0) is 13.8. The van der Waals surface area contributed by atoms with Gasteiger partial charge < -0.3 is 5.11 Å². The van der Waals surface area contributed by atoms with Gasteiger partial charge in [0.05, 0.1) is 14.5 Å². The molecule has 0 aromatic heterocycles. The standard InChI is InChI=1S/C14H18O3Si/c1-18(2,3)10-13(8-14(16)17)12-6-4-11(9-15)5-7-12/h4-7,9-10H,8H2,1-3H3,(H,16,17)/b13-10-. The van der Waals surface area contributed by atoms with Crippen LogP contribution in [0.4, 0.5) is 0 Å². The average Bonchev–Trinajstić information content (AvgIpc) is 2.26. The molecule has 0 radical (unpaired) electrons. The molecular weight excluding hydrogens is 244 g/mol. The molecule has 0 aliphatic carbocycles. The summed E-state index contributed by atoms with van der Waals surface area (Å²) in [7, 11) is -1.49. The summed E-state index contributed by atoms with van der Waals surface area (Å²) in [6.45, 7) is 6.48. The van der Waals surface area contributed by atoms with E-state index < -0.39 is 14.0 Å². The van der Waals surface area contributed by atoms with Crippen LogP contribution in [0.25, 0.3) is 5.57 Å². The lowest BCUT2D eigenvalue weighted by Crippen LogP contribution is -2.17. The highest BCUT2D eigenvalue weighted by molar-refractivity contribution is 6.81. The van der Waals surface area contributed by atoms with Crippen molar-refractivity contribution in [2.75, 3.05) is 0 Å². The lowest BCUT2D eigenvalue weighted by Gasteiger charge is -2.14. The number of rotatable bonds is 5. The molecule has 0 spiro atoms. The lowest BCUT2D eigenvalue weighted by atomic mass is 10.0. The first-order chi connectivity index (χ1) is 8.31. The third kappa shape index (κ3) is 4.67. The quantitative estimate of drug-likeness (QED) is 0.654. The number of aldehydes is 1. The van der Waals surface area contributed by atoms with Crippen LogP contribution in [0.1, 0.15) is 22.3 Å². The van der Waals surface area contributed by atoms with Crippen molar-refractivity contribution in [3.63, 3.8) is 0 Å². The van der Waals surface area contributed by atoms with Gasteiger partial charge in [0.2, 0.25) is 0 Å². The van der Waals surface area contributed by atoms with Crippen LogP contribution in [0, 0.1) is 0 Å². The number of benzene rings is 1. The Kier molecular flexibility index (Phi) is 4.61. The van der Waals surface area contributed by atoms with Crippen molar-refractivity contribution in [3.8, 4) is 0 Å². The van der Waals surface area contributed by atoms with Gasteiger partial charge in [0.1, 0.15) is 6.29 Å². The Morgan fingerprint density at radius 2 is 1.78 bits per heavy atom. The number of hydrogen-bond acceptors (Lipinski definition) is 2. The molecule has 0 saturated heterocycles. The maximum Gasteiger partial charge on any atom is 0.307 e. The molecule has 3 nitrogen and oxygen atoms in total. The second kappa shape index (κ2) is 5.77. The second-order valence-corrected chi connectivity index (χ2v) is 10.4. The van der Waals surface area contributed by atoms with E-state index in [1.165, 1.54) is 0 Å². The zero-order valence-electron chi connectivity index (χ0n) is 10.9. The van der Waals surface area contributed by atoms with E-state index in [-0.39, 0.29) is 6.42 Å². The molecule has 0 unspecified atom stereocenters. The summed E-state index contributed by atoms with van der Waals surface area (Å²) >= 11 is 0. The van der Waals surface area contributed by atoms with E-state index in [2.05, 4.69) is 25.3 Å². The normalized spacial score (nSPS) is 12.3. The third-order valence-electron chi connectivity index (χ3n) is 2.37. The van der Waals surface area contributed by atoms with Gasteiger partial charge in [-0.3, -0.25) is 9.59 Å². The number of hydrogen-bond donors (Lipinski definition) is 1. The highest BCUT2D eigenvalue weighted by atomic mass is 28.3. The lowest BCUT2D eigenvalue weighted by molar-refractivity contribution is -0.135. The van der Waals surface area contributed by atoms with Crippen molar-refractivity contribution in [2.45, 2.75) is 26.1 Å². The largest absolute Gasteiger partial charge is 0.481 e. The molecule has 1 aromatic rings. The third-order valence-corrected chi connectivity index (χ3v) is 3.58. The van der Waals surface area contributed by atoms with Crippen molar-refractivity contribution in [1.29, 1.82) is 0 Å². The molecule has 1 N–H and O–H groups in total. The summed E-state index contributed by atoms with van der Waals surface area (Å²) in [5.41, 5.74) is 4.41. The number of carboxylic acid groups (broad SMARTS) is 1. The molecule has 0 bridgehead atoms. The molecule has 96 valence electrons. The van der Waals surface area contributed by atoms with Gasteiger partial charge in [-0.25, -0.2) is 0 Å². The molecule has 1 rings (SSSR count). The fourth-order valence-electron chi connectivity index (χ4n) is 1.70. The first kappa shape index (κ1) is 14.4. The van der Waals surface area contributed by atoms with Crippen molar-refractivity contribution in [2.24, 2.45) is 0 Å². The van der Waals surface area contributed by atoms with E-state index in [0.717, 1.165) is 17.4 Å². The van der Waals surface area contributed by atoms with Gasteiger partial charge in [0.15, 0.2) is 0 Å². The summed E-state index contributed by atoms with van der Waals surface area (Å²) < 4.78 is 0. The van der Waals surface area contributed by atoms with Crippen LogP contribution in [0.5, 0.6) is 0 Å². The Morgan fingerprint density at radius 1 is 1.22 bits per heavy atom. The Balaban J connectivity index is 3.13. The van der Waals surface area contributed by atoms with Gasteiger partial charge >= 0.3 is 5.97 Å². The minimum absolute atomic E-state index is 0.0186.